The van der Waals surface area contributed by atoms with Crippen molar-refractivity contribution < 1.29 is 9.59 Å². The van der Waals surface area contributed by atoms with E-state index in [0.29, 0.717) is 13.1 Å². The van der Waals surface area contributed by atoms with Gasteiger partial charge in [0.2, 0.25) is 5.91 Å². The Labute approximate surface area is 157 Å². The van der Waals surface area contributed by atoms with Crippen molar-refractivity contribution in [3.05, 3.63) is 52.5 Å². The van der Waals surface area contributed by atoms with Crippen LogP contribution in [-0.4, -0.2) is 70.8 Å². The summed E-state index contributed by atoms with van der Waals surface area (Å²) in [7, 11) is 0. The largest absolute Gasteiger partial charge is 0.340 e. The predicted octanol–water partition coefficient (Wildman–Crippen LogP) is 1.56. The monoisotopic (exact) mass is 370 g/mol. The number of pyridine rings is 1. The van der Waals surface area contributed by atoms with Crippen LogP contribution in [0.15, 0.2) is 42.0 Å². The Morgan fingerprint density at radius 2 is 1.88 bits per heavy atom. The lowest BCUT2D eigenvalue weighted by molar-refractivity contribution is -0.141. The molecule has 136 valence electrons. The van der Waals surface area contributed by atoms with Crippen LogP contribution in [0.5, 0.6) is 0 Å². The molecule has 0 saturated carbocycles. The average Bonchev–Trinajstić information content (AvgIpc) is 3.16. The third-order valence-electron chi connectivity index (χ3n) is 5.06. The van der Waals surface area contributed by atoms with Crippen LogP contribution >= 0.6 is 11.3 Å². The molecule has 0 N–H and O–H groups in total. The first kappa shape index (κ1) is 17.2. The summed E-state index contributed by atoms with van der Waals surface area (Å²) in [6, 6.07) is 7.75. The standard InChI is InChI=1S/C19H22N4O2S/c24-18(16-13-23(14-16)19(25)17-4-2-10-26-17)22-8-6-21(7-9-22)12-15-3-1-5-20-11-15/h1-5,10-11,16H,6-9,12-14H2. The molecule has 2 amide bonds. The van der Waals surface area contributed by atoms with Gasteiger partial charge in [0.05, 0.1) is 10.8 Å². The summed E-state index contributed by atoms with van der Waals surface area (Å²) < 4.78 is 0. The van der Waals surface area contributed by atoms with Crippen LogP contribution < -0.4 is 0 Å². The van der Waals surface area contributed by atoms with Gasteiger partial charge < -0.3 is 9.80 Å². The van der Waals surface area contributed by atoms with Crippen molar-refractivity contribution in [3.8, 4) is 0 Å². The molecule has 0 unspecified atom stereocenters. The lowest BCUT2D eigenvalue weighted by Gasteiger charge is -2.42. The second kappa shape index (κ2) is 7.55. The van der Waals surface area contributed by atoms with Gasteiger partial charge in [0.15, 0.2) is 0 Å². The number of aromatic nitrogens is 1. The number of carbonyl (C=O) groups excluding carboxylic acids is 2. The van der Waals surface area contributed by atoms with Crippen molar-refractivity contribution in [2.45, 2.75) is 6.54 Å². The molecule has 0 bridgehead atoms. The van der Waals surface area contributed by atoms with Gasteiger partial charge in [-0.2, -0.15) is 0 Å². The summed E-state index contributed by atoms with van der Waals surface area (Å²) in [6.07, 6.45) is 3.68. The highest BCUT2D eigenvalue weighted by Gasteiger charge is 2.39. The molecule has 0 aliphatic carbocycles. The van der Waals surface area contributed by atoms with Gasteiger partial charge in [0.25, 0.3) is 5.91 Å². The van der Waals surface area contributed by atoms with E-state index in [9.17, 15) is 9.59 Å². The van der Waals surface area contributed by atoms with E-state index in [1.165, 1.54) is 16.9 Å². The number of amides is 2. The van der Waals surface area contributed by atoms with Gasteiger partial charge in [-0.1, -0.05) is 12.1 Å². The topological polar surface area (TPSA) is 56.8 Å². The maximum atomic E-state index is 12.7. The zero-order valence-corrected chi connectivity index (χ0v) is 15.4. The zero-order valence-electron chi connectivity index (χ0n) is 14.6. The fourth-order valence-corrected chi connectivity index (χ4v) is 4.18. The molecular formula is C19H22N4O2S. The van der Waals surface area contributed by atoms with Crippen molar-refractivity contribution in [1.29, 1.82) is 0 Å². The first-order chi connectivity index (χ1) is 12.7. The first-order valence-electron chi connectivity index (χ1n) is 8.93. The molecule has 4 rings (SSSR count). The minimum absolute atomic E-state index is 0.0382. The van der Waals surface area contributed by atoms with Crippen LogP contribution in [0.25, 0.3) is 0 Å². The molecule has 6 nitrogen and oxygen atoms in total. The average molecular weight is 370 g/mol. The fourth-order valence-electron chi connectivity index (χ4n) is 3.49. The van der Waals surface area contributed by atoms with Crippen molar-refractivity contribution in [2.75, 3.05) is 39.3 Å². The lowest BCUT2D eigenvalue weighted by Crippen LogP contribution is -2.58. The van der Waals surface area contributed by atoms with Crippen LogP contribution in [0.1, 0.15) is 15.2 Å². The number of nitrogens with zero attached hydrogens (tertiary/aromatic N) is 4. The van der Waals surface area contributed by atoms with Gasteiger partial charge in [-0.05, 0) is 23.1 Å². The zero-order chi connectivity index (χ0) is 17.9. The molecule has 0 radical (unpaired) electrons. The first-order valence-corrected chi connectivity index (χ1v) is 9.81. The summed E-state index contributed by atoms with van der Waals surface area (Å²) >= 11 is 1.45. The fraction of sp³-hybridized carbons (Fsp3) is 0.421. The van der Waals surface area contributed by atoms with Crippen molar-refractivity contribution >= 4 is 23.2 Å². The molecule has 0 spiro atoms. The number of piperazine rings is 1. The van der Waals surface area contributed by atoms with Crippen LogP contribution in [0, 0.1) is 5.92 Å². The molecule has 2 aliphatic rings. The van der Waals surface area contributed by atoms with Crippen LogP contribution in [0.3, 0.4) is 0 Å². The highest BCUT2D eigenvalue weighted by atomic mass is 32.1. The molecule has 7 heteroatoms. The molecule has 4 heterocycles. The molecule has 0 aromatic carbocycles. The Morgan fingerprint density at radius 1 is 1.08 bits per heavy atom. The summed E-state index contributed by atoms with van der Waals surface area (Å²) in [6.45, 7) is 5.25. The van der Waals surface area contributed by atoms with E-state index in [-0.39, 0.29) is 17.7 Å². The lowest BCUT2D eigenvalue weighted by atomic mass is 9.97. The van der Waals surface area contributed by atoms with Gasteiger partial charge >= 0.3 is 0 Å². The van der Waals surface area contributed by atoms with E-state index >= 15 is 0 Å². The van der Waals surface area contributed by atoms with E-state index < -0.39 is 0 Å². The van der Waals surface area contributed by atoms with Crippen molar-refractivity contribution in [1.82, 2.24) is 19.7 Å². The normalized spacial score (nSPS) is 18.6. The number of hydrogen-bond acceptors (Lipinski definition) is 5. The van der Waals surface area contributed by atoms with Crippen LogP contribution in [-0.2, 0) is 11.3 Å². The summed E-state index contributed by atoms with van der Waals surface area (Å²) in [5.41, 5.74) is 1.20. The predicted molar refractivity (Wildman–Crippen MR) is 99.8 cm³/mol. The highest BCUT2D eigenvalue weighted by Crippen LogP contribution is 2.23. The Bertz CT molecular complexity index is 751. The SMILES string of the molecule is O=C(c1cccs1)N1CC(C(=O)N2CCN(Cc3cccnc3)CC2)C1. The van der Waals surface area contributed by atoms with Gasteiger partial charge in [0, 0.05) is 58.2 Å². The number of hydrogen-bond donors (Lipinski definition) is 0. The van der Waals surface area contributed by atoms with E-state index in [1.54, 1.807) is 11.1 Å². The van der Waals surface area contributed by atoms with Crippen molar-refractivity contribution in [2.24, 2.45) is 5.92 Å². The second-order valence-corrected chi connectivity index (χ2v) is 7.79. The third kappa shape index (κ3) is 3.64. The molecule has 26 heavy (non-hydrogen) atoms. The van der Waals surface area contributed by atoms with Crippen LogP contribution in [0.2, 0.25) is 0 Å². The number of carbonyl (C=O) groups is 2. The van der Waals surface area contributed by atoms with E-state index in [1.807, 2.05) is 34.7 Å². The summed E-state index contributed by atoms with van der Waals surface area (Å²) in [5.74, 6) is 0.204. The summed E-state index contributed by atoms with van der Waals surface area (Å²) in [5, 5.41) is 1.90. The van der Waals surface area contributed by atoms with Gasteiger partial charge in [-0.15, -0.1) is 11.3 Å². The Kier molecular flexibility index (Phi) is 4.99. The van der Waals surface area contributed by atoms with Gasteiger partial charge in [-0.3, -0.25) is 19.5 Å². The minimum atomic E-state index is -0.0382. The van der Waals surface area contributed by atoms with E-state index in [2.05, 4.69) is 16.0 Å². The third-order valence-corrected chi connectivity index (χ3v) is 5.92. The van der Waals surface area contributed by atoms with Crippen LogP contribution in [0.4, 0.5) is 0 Å². The number of thiophene rings is 1. The summed E-state index contributed by atoms with van der Waals surface area (Å²) in [4.78, 5) is 35.9. The maximum absolute atomic E-state index is 12.7. The Balaban J connectivity index is 1.23. The highest BCUT2D eigenvalue weighted by molar-refractivity contribution is 7.12. The molecule has 0 atom stereocenters. The molecule has 2 aromatic rings. The quantitative estimate of drug-likeness (QED) is 0.820. The Morgan fingerprint density at radius 3 is 2.54 bits per heavy atom. The minimum Gasteiger partial charge on any atom is -0.340 e. The molecule has 2 fully saturated rings. The Hall–Kier alpha value is -2.25. The smallest absolute Gasteiger partial charge is 0.263 e. The van der Waals surface area contributed by atoms with Crippen molar-refractivity contribution in [3.63, 3.8) is 0 Å². The van der Waals surface area contributed by atoms with Gasteiger partial charge in [0.1, 0.15) is 0 Å². The molecule has 2 saturated heterocycles. The number of likely N-dealkylation sites (tertiary alicyclic amines) is 1. The molecule has 2 aromatic heterocycles. The van der Waals surface area contributed by atoms with E-state index in [0.717, 1.165) is 37.6 Å². The second-order valence-electron chi connectivity index (χ2n) is 6.85. The molecular weight excluding hydrogens is 348 g/mol. The van der Waals surface area contributed by atoms with E-state index in [4.69, 9.17) is 0 Å². The molecule has 2 aliphatic heterocycles. The number of rotatable bonds is 4. The maximum Gasteiger partial charge on any atom is 0.263 e. The van der Waals surface area contributed by atoms with Gasteiger partial charge in [-0.25, -0.2) is 0 Å².